The Morgan fingerprint density at radius 1 is 1.35 bits per heavy atom. The van der Waals surface area contributed by atoms with E-state index in [2.05, 4.69) is 32.6 Å². The summed E-state index contributed by atoms with van der Waals surface area (Å²) in [5.74, 6) is 0.891. The molecule has 1 fully saturated rings. The van der Waals surface area contributed by atoms with Crippen LogP contribution in [-0.2, 0) is 11.2 Å². The third kappa shape index (κ3) is 3.70. The highest BCUT2D eigenvalue weighted by atomic mass is 79.9. The van der Waals surface area contributed by atoms with Crippen LogP contribution in [0.15, 0.2) is 15.6 Å². The lowest BCUT2D eigenvalue weighted by atomic mass is 10.1. The zero-order valence-corrected chi connectivity index (χ0v) is 13.6. The van der Waals surface area contributed by atoms with Gasteiger partial charge >= 0.3 is 0 Å². The number of carbonyl (C=O) groups is 1. The first-order valence-electron chi connectivity index (χ1n) is 6.72. The molecule has 1 aliphatic heterocycles. The van der Waals surface area contributed by atoms with Crippen molar-refractivity contribution in [3.63, 3.8) is 0 Å². The van der Waals surface area contributed by atoms with Crippen LogP contribution in [0.4, 0.5) is 0 Å². The lowest BCUT2D eigenvalue weighted by molar-refractivity contribution is -0.132. The Labute approximate surface area is 127 Å². The first kappa shape index (κ1) is 15.3. The van der Waals surface area contributed by atoms with E-state index < -0.39 is 0 Å². The Morgan fingerprint density at radius 2 is 2.00 bits per heavy atom. The molecule has 20 heavy (non-hydrogen) atoms. The number of rotatable bonds is 4. The maximum atomic E-state index is 12.3. The van der Waals surface area contributed by atoms with Gasteiger partial charge in [0.15, 0.2) is 0 Å². The third-order valence-corrected chi connectivity index (χ3v) is 3.88. The Kier molecular flexibility index (Phi) is 4.99. The van der Waals surface area contributed by atoms with Crippen molar-refractivity contribution in [1.82, 2.24) is 15.0 Å². The molecule has 0 unspecified atom stereocenters. The molecule has 0 saturated carbocycles. The van der Waals surface area contributed by atoms with Gasteiger partial charge in [-0.05, 0) is 13.8 Å². The van der Waals surface area contributed by atoms with Gasteiger partial charge in [-0.3, -0.25) is 9.69 Å². The Morgan fingerprint density at radius 3 is 2.50 bits per heavy atom. The fraction of sp³-hybridized carbons (Fsp3) is 0.571. The van der Waals surface area contributed by atoms with Gasteiger partial charge in [0, 0.05) is 42.8 Å². The second-order valence-electron chi connectivity index (χ2n) is 5.15. The predicted octanol–water partition coefficient (Wildman–Crippen LogP) is 1.89. The minimum absolute atomic E-state index is 0.150. The van der Waals surface area contributed by atoms with E-state index in [0.717, 1.165) is 54.2 Å². The summed E-state index contributed by atoms with van der Waals surface area (Å²) >= 11 is 3.38. The van der Waals surface area contributed by atoms with Gasteiger partial charge in [-0.25, -0.2) is 0 Å². The van der Waals surface area contributed by atoms with Gasteiger partial charge in [-0.15, -0.1) is 0 Å². The molecule has 0 radical (unpaired) electrons. The maximum absolute atomic E-state index is 12.3. The topological polar surface area (TPSA) is 49.6 Å². The molecule has 2 heterocycles. The van der Waals surface area contributed by atoms with E-state index in [0.29, 0.717) is 6.42 Å². The summed E-state index contributed by atoms with van der Waals surface area (Å²) in [4.78, 5) is 16.5. The van der Waals surface area contributed by atoms with Gasteiger partial charge in [-0.2, -0.15) is 0 Å². The summed E-state index contributed by atoms with van der Waals surface area (Å²) in [6.07, 6.45) is 0.381. The van der Waals surface area contributed by atoms with Crippen molar-refractivity contribution in [2.45, 2.75) is 20.3 Å². The van der Waals surface area contributed by atoms with Crippen molar-refractivity contribution >= 4 is 21.8 Å². The lowest BCUT2D eigenvalue weighted by Crippen LogP contribution is -2.49. The molecule has 0 bridgehead atoms. The van der Waals surface area contributed by atoms with Crippen LogP contribution in [0.2, 0.25) is 0 Å². The van der Waals surface area contributed by atoms with Crippen molar-refractivity contribution in [3.05, 3.63) is 28.1 Å². The number of aryl methyl sites for hydroxylation is 2. The van der Waals surface area contributed by atoms with Gasteiger partial charge in [0.05, 0.1) is 12.1 Å². The van der Waals surface area contributed by atoms with Crippen LogP contribution in [0.1, 0.15) is 17.0 Å². The highest BCUT2D eigenvalue weighted by Gasteiger charge is 2.23. The summed E-state index contributed by atoms with van der Waals surface area (Å²) in [5.41, 5.74) is 1.73. The highest BCUT2D eigenvalue weighted by Crippen LogP contribution is 2.15. The minimum Gasteiger partial charge on any atom is -0.361 e. The van der Waals surface area contributed by atoms with E-state index in [1.165, 1.54) is 0 Å². The fourth-order valence-corrected chi connectivity index (χ4v) is 2.77. The second-order valence-corrected chi connectivity index (χ2v) is 6.28. The van der Waals surface area contributed by atoms with Crippen LogP contribution in [0.25, 0.3) is 0 Å². The van der Waals surface area contributed by atoms with Crippen molar-refractivity contribution in [3.8, 4) is 0 Å². The number of aromatic nitrogens is 1. The number of halogens is 1. The van der Waals surface area contributed by atoms with E-state index in [1.54, 1.807) is 0 Å². The monoisotopic (exact) mass is 341 g/mol. The van der Waals surface area contributed by atoms with E-state index in [1.807, 2.05) is 18.7 Å². The summed E-state index contributed by atoms with van der Waals surface area (Å²) in [6, 6.07) is 0. The Bertz CT molecular complexity index is 485. The predicted molar refractivity (Wildman–Crippen MR) is 80.8 cm³/mol. The number of carbonyl (C=O) groups excluding carboxylic acids is 1. The van der Waals surface area contributed by atoms with Gasteiger partial charge in [0.25, 0.3) is 0 Å². The normalized spacial score (nSPS) is 16.4. The Balaban J connectivity index is 1.88. The molecule has 1 aromatic rings. The fourth-order valence-electron chi connectivity index (χ4n) is 2.42. The number of piperazine rings is 1. The summed E-state index contributed by atoms with van der Waals surface area (Å²) in [5, 5.41) is 3.89. The maximum Gasteiger partial charge on any atom is 0.227 e. The van der Waals surface area contributed by atoms with E-state index in [-0.39, 0.29) is 5.91 Å². The highest BCUT2D eigenvalue weighted by molar-refractivity contribution is 9.11. The molecule has 1 aromatic heterocycles. The molecule has 0 aliphatic carbocycles. The van der Waals surface area contributed by atoms with Crippen molar-refractivity contribution in [2.24, 2.45) is 0 Å². The average Bonchev–Trinajstić information content (AvgIpc) is 2.70. The zero-order chi connectivity index (χ0) is 14.7. The molecule has 0 atom stereocenters. The molecule has 1 amide bonds. The first-order chi connectivity index (χ1) is 9.47. The van der Waals surface area contributed by atoms with Crippen molar-refractivity contribution in [1.29, 1.82) is 0 Å². The average molecular weight is 342 g/mol. The second kappa shape index (κ2) is 6.54. The lowest BCUT2D eigenvalue weighted by Gasteiger charge is -2.34. The molecule has 0 N–H and O–H groups in total. The standard InChI is InChI=1S/C14H20BrN3O2/c1-10(15)9-17-4-6-18(7-5-17)14(19)8-13-11(2)16-20-12(13)3/h1,4-9H2,2-3H3. The molecular weight excluding hydrogens is 322 g/mol. The van der Waals surface area contributed by atoms with Crippen LogP contribution in [0.3, 0.4) is 0 Å². The van der Waals surface area contributed by atoms with Gasteiger partial charge < -0.3 is 9.42 Å². The van der Waals surface area contributed by atoms with E-state index in [9.17, 15) is 4.79 Å². The van der Waals surface area contributed by atoms with Crippen molar-refractivity contribution in [2.75, 3.05) is 32.7 Å². The van der Waals surface area contributed by atoms with Gasteiger partial charge in [-0.1, -0.05) is 27.7 Å². The van der Waals surface area contributed by atoms with Crippen LogP contribution in [0, 0.1) is 13.8 Å². The molecule has 2 rings (SSSR count). The molecule has 1 aliphatic rings. The quantitative estimate of drug-likeness (QED) is 0.839. The molecular formula is C14H20BrN3O2. The molecule has 1 saturated heterocycles. The molecule has 0 spiro atoms. The number of hydrogen-bond acceptors (Lipinski definition) is 4. The summed E-state index contributed by atoms with van der Waals surface area (Å²) < 4.78 is 6.08. The van der Waals surface area contributed by atoms with E-state index in [4.69, 9.17) is 4.52 Å². The molecule has 6 heteroatoms. The SMILES string of the molecule is C=C(Br)CN1CCN(C(=O)Cc2c(C)noc2C)CC1. The summed E-state index contributed by atoms with van der Waals surface area (Å²) in [7, 11) is 0. The van der Waals surface area contributed by atoms with Gasteiger partial charge in [0.1, 0.15) is 5.76 Å². The minimum atomic E-state index is 0.150. The molecule has 0 aromatic carbocycles. The third-order valence-electron chi connectivity index (χ3n) is 3.63. The molecule has 110 valence electrons. The number of hydrogen-bond donors (Lipinski definition) is 0. The van der Waals surface area contributed by atoms with Crippen molar-refractivity contribution < 1.29 is 9.32 Å². The Hall–Kier alpha value is -1.14. The first-order valence-corrected chi connectivity index (χ1v) is 7.52. The van der Waals surface area contributed by atoms with Gasteiger partial charge in [0.2, 0.25) is 5.91 Å². The number of nitrogens with zero attached hydrogens (tertiary/aromatic N) is 3. The largest absolute Gasteiger partial charge is 0.361 e. The molecule has 5 nitrogen and oxygen atoms in total. The summed E-state index contributed by atoms with van der Waals surface area (Å²) in [6.45, 7) is 11.7. The smallest absolute Gasteiger partial charge is 0.227 e. The van der Waals surface area contributed by atoms with Crippen LogP contribution in [0.5, 0.6) is 0 Å². The van der Waals surface area contributed by atoms with Crippen LogP contribution < -0.4 is 0 Å². The van der Waals surface area contributed by atoms with E-state index >= 15 is 0 Å². The van der Waals surface area contributed by atoms with Crippen LogP contribution >= 0.6 is 15.9 Å². The number of amides is 1. The van der Waals surface area contributed by atoms with Crippen LogP contribution in [-0.4, -0.2) is 53.6 Å². The zero-order valence-electron chi connectivity index (χ0n) is 12.0.